The number of rotatable bonds is 6. The summed E-state index contributed by atoms with van der Waals surface area (Å²) in [5.74, 6) is 1.13. The van der Waals surface area contributed by atoms with Crippen molar-refractivity contribution in [2.75, 3.05) is 47.1 Å². The lowest BCUT2D eigenvalue weighted by atomic mass is 9.73. The van der Waals surface area contributed by atoms with Gasteiger partial charge in [0.2, 0.25) is 5.91 Å². The molecule has 0 N–H and O–H groups in total. The molecule has 0 saturated carbocycles. The van der Waals surface area contributed by atoms with Crippen molar-refractivity contribution >= 4 is 5.91 Å². The molecule has 1 amide bonds. The Hall–Kier alpha value is -1.63. The molecule has 6 nitrogen and oxygen atoms in total. The molecule has 29 heavy (non-hydrogen) atoms. The maximum atomic E-state index is 12.7. The Balaban J connectivity index is 1.26. The van der Waals surface area contributed by atoms with Crippen molar-refractivity contribution in [1.29, 1.82) is 0 Å². The van der Waals surface area contributed by atoms with Gasteiger partial charge in [-0.2, -0.15) is 0 Å². The first-order valence-electron chi connectivity index (χ1n) is 10.9. The molecule has 160 valence electrons. The van der Waals surface area contributed by atoms with E-state index in [1.807, 2.05) is 31.4 Å². The van der Waals surface area contributed by atoms with E-state index in [-0.39, 0.29) is 11.4 Å². The van der Waals surface area contributed by atoms with Gasteiger partial charge in [-0.3, -0.25) is 9.69 Å². The predicted octanol–water partition coefficient (Wildman–Crippen LogP) is 2.50. The molecule has 0 bridgehead atoms. The quantitative estimate of drug-likeness (QED) is 0.732. The highest BCUT2D eigenvalue weighted by atomic mass is 16.5. The van der Waals surface area contributed by atoms with Crippen LogP contribution >= 0.6 is 0 Å². The molecule has 1 spiro atoms. The molecule has 3 saturated heterocycles. The fraction of sp³-hybridized carbons (Fsp3) is 0.696. The number of benzene rings is 1. The van der Waals surface area contributed by atoms with Crippen molar-refractivity contribution in [3.63, 3.8) is 0 Å². The van der Waals surface area contributed by atoms with E-state index in [0.29, 0.717) is 18.6 Å². The molecule has 3 fully saturated rings. The zero-order valence-electron chi connectivity index (χ0n) is 17.8. The molecule has 6 heteroatoms. The number of aryl methyl sites for hydroxylation is 1. The van der Waals surface area contributed by atoms with Crippen LogP contribution in [0.2, 0.25) is 0 Å². The third-order valence-electron chi connectivity index (χ3n) is 7.22. The first-order chi connectivity index (χ1) is 14.2. The molecule has 3 aliphatic rings. The number of carbonyl (C=O) groups excluding carboxylic acids is 1. The van der Waals surface area contributed by atoms with Crippen molar-refractivity contribution in [2.24, 2.45) is 0 Å². The number of carbonyl (C=O) groups is 1. The number of nitrogens with zero attached hydrogens (tertiary/aromatic N) is 2. The fourth-order valence-corrected chi connectivity index (χ4v) is 5.37. The van der Waals surface area contributed by atoms with E-state index in [4.69, 9.17) is 14.2 Å². The monoisotopic (exact) mass is 402 g/mol. The molecule has 4 rings (SSSR count). The summed E-state index contributed by atoms with van der Waals surface area (Å²) in [5, 5.41) is 0. The molecular weight excluding hydrogens is 368 g/mol. The Bertz CT molecular complexity index is 679. The van der Waals surface area contributed by atoms with Crippen LogP contribution in [0.25, 0.3) is 0 Å². The number of ether oxygens (including phenoxy) is 3. The van der Waals surface area contributed by atoms with Gasteiger partial charge in [-0.15, -0.1) is 0 Å². The molecule has 0 aliphatic carbocycles. The average Bonchev–Trinajstić information content (AvgIpc) is 2.78. The van der Waals surface area contributed by atoms with Gasteiger partial charge in [-0.1, -0.05) is 12.1 Å². The van der Waals surface area contributed by atoms with Crippen LogP contribution in [0.3, 0.4) is 0 Å². The van der Waals surface area contributed by atoms with Gasteiger partial charge in [-0.05, 0) is 49.8 Å². The van der Waals surface area contributed by atoms with E-state index in [1.165, 1.54) is 5.56 Å². The number of methoxy groups -OCH3 is 2. The summed E-state index contributed by atoms with van der Waals surface area (Å²) < 4.78 is 16.6. The summed E-state index contributed by atoms with van der Waals surface area (Å²) >= 11 is 0. The summed E-state index contributed by atoms with van der Waals surface area (Å²) in [6, 6.07) is 8.56. The SMILES string of the molecule is COc1ccc(CCC(=O)N2CCC(N3CC(OC)C34CCOCC4)CC2)cc1. The predicted molar refractivity (Wildman–Crippen MR) is 111 cm³/mol. The largest absolute Gasteiger partial charge is 0.497 e. The number of likely N-dealkylation sites (tertiary alicyclic amines) is 2. The van der Waals surface area contributed by atoms with Crippen molar-refractivity contribution in [3.8, 4) is 5.75 Å². The van der Waals surface area contributed by atoms with Gasteiger partial charge in [0.25, 0.3) is 0 Å². The molecule has 1 unspecified atom stereocenters. The Morgan fingerprint density at radius 2 is 1.83 bits per heavy atom. The van der Waals surface area contributed by atoms with E-state index >= 15 is 0 Å². The van der Waals surface area contributed by atoms with Crippen LogP contribution in [0.5, 0.6) is 5.75 Å². The van der Waals surface area contributed by atoms with Gasteiger partial charge in [-0.25, -0.2) is 0 Å². The Labute approximate surface area is 174 Å². The van der Waals surface area contributed by atoms with E-state index in [0.717, 1.165) is 70.7 Å². The summed E-state index contributed by atoms with van der Waals surface area (Å²) in [4.78, 5) is 17.4. The smallest absolute Gasteiger partial charge is 0.222 e. The van der Waals surface area contributed by atoms with Crippen LogP contribution in [0.1, 0.15) is 37.7 Å². The highest BCUT2D eigenvalue weighted by Gasteiger charge is 2.56. The minimum atomic E-state index is 0.165. The van der Waals surface area contributed by atoms with Gasteiger partial charge >= 0.3 is 0 Å². The Morgan fingerprint density at radius 3 is 2.45 bits per heavy atom. The number of hydrogen-bond donors (Lipinski definition) is 0. The number of amides is 1. The maximum absolute atomic E-state index is 12.7. The van der Waals surface area contributed by atoms with Crippen LogP contribution in [-0.4, -0.2) is 80.5 Å². The molecule has 3 aliphatic heterocycles. The zero-order valence-corrected chi connectivity index (χ0v) is 17.8. The summed E-state index contributed by atoms with van der Waals surface area (Å²) in [6.45, 7) is 4.42. The molecule has 0 aromatic heterocycles. The van der Waals surface area contributed by atoms with Crippen molar-refractivity contribution in [1.82, 2.24) is 9.80 Å². The topological polar surface area (TPSA) is 51.2 Å². The highest BCUT2D eigenvalue weighted by Crippen LogP contribution is 2.44. The van der Waals surface area contributed by atoms with E-state index in [9.17, 15) is 4.79 Å². The summed E-state index contributed by atoms with van der Waals surface area (Å²) in [5.41, 5.74) is 1.35. The lowest BCUT2D eigenvalue weighted by Gasteiger charge is -2.63. The summed E-state index contributed by atoms with van der Waals surface area (Å²) in [6.07, 6.45) is 5.94. The molecule has 0 radical (unpaired) electrons. The van der Waals surface area contributed by atoms with Gasteiger partial charge in [0, 0.05) is 52.4 Å². The minimum absolute atomic E-state index is 0.165. The van der Waals surface area contributed by atoms with Crippen molar-refractivity contribution in [3.05, 3.63) is 29.8 Å². The van der Waals surface area contributed by atoms with Gasteiger partial charge in [0.1, 0.15) is 5.75 Å². The molecule has 1 atom stereocenters. The highest BCUT2D eigenvalue weighted by molar-refractivity contribution is 5.76. The van der Waals surface area contributed by atoms with Gasteiger partial charge in [0.15, 0.2) is 0 Å². The average molecular weight is 403 g/mol. The Kier molecular flexibility index (Phi) is 6.42. The van der Waals surface area contributed by atoms with Crippen molar-refractivity contribution < 1.29 is 19.0 Å². The van der Waals surface area contributed by atoms with E-state index < -0.39 is 0 Å². The second kappa shape index (κ2) is 9.02. The van der Waals surface area contributed by atoms with Crippen LogP contribution in [0.4, 0.5) is 0 Å². The molecule has 1 aromatic rings. The molecule has 1 aromatic carbocycles. The third-order valence-corrected chi connectivity index (χ3v) is 7.22. The maximum Gasteiger partial charge on any atom is 0.222 e. The normalized spacial score (nSPS) is 25.0. The fourth-order valence-electron chi connectivity index (χ4n) is 5.37. The molecule has 3 heterocycles. The lowest BCUT2D eigenvalue weighted by molar-refractivity contribution is -0.208. The second-order valence-electron chi connectivity index (χ2n) is 8.55. The van der Waals surface area contributed by atoms with Crippen LogP contribution in [0.15, 0.2) is 24.3 Å². The number of hydrogen-bond acceptors (Lipinski definition) is 5. The number of piperidine rings is 1. The minimum Gasteiger partial charge on any atom is -0.497 e. The Morgan fingerprint density at radius 1 is 1.14 bits per heavy atom. The second-order valence-corrected chi connectivity index (χ2v) is 8.55. The van der Waals surface area contributed by atoms with Crippen LogP contribution in [-0.2, 0) is 20.7 Å². The van der Waals surface area contributed by atoms with Crippen LogP contribution in [0, 0.1) is 0 Å². The van der Waals surface area contributed by atoms with E-state index in [1.54, 1.807) is 7.11 Å². The third kappa shape index (κ3) is 4.16. The molecular formula is C23H34N2O4. The van der Waals surface area contributed by atoms with Crippen molar-refractivity contribution in [2.45, 2.75) is 56.2 Å². The lowest BCUT2D eigenvalue weighted by Crippen LogP contribution is -2.75. The van der Waals surface area contributed by atoms with Gasteiger partial charge in [0.05, 0.1) is 18.8 Å². The standard InChI is InChI=1S/C23H34N2O4/c1-27-20-6-3-18(4-7-20)5-8-22(26)24-13-9-19(10-14-24)25-17-21(28-2)23(25)11-15-29-16-12-23/h3-4,6-7,19,21H,5,8-17H2,1-2H3. The first kappa shape index (κ1) is 20.6. The van der Waals surface area contributed by atoms with Crippen LogP contribution < -0.4 is 4.74 Å². The summed E-state index contributed by atoms with van der Waals surface area (Å²) in [7, 11) is 3.50. The van der Waals surface area contributed by atoms with E-state index in [2.05, 4.69) is 9.80 Å². The zero-order chi connectivity index (χ0) is 20.3. The first-order valence-corrected chi connectivity index (χ1v) is 10.9. The van der Waals surface area contributed by atoms with Gasteiger partial charge < -0.3 is 19.1 Å².